The van der Waals surface area contributed by atoms with Gasteiger partial charge in [-0.15, -0.1) is 12.4 Å². The summed E-state index contributed by atoms with van der Waals surface area (Å²) in [5.74, 6) is 0.465. The molecule has 1 heterocycles. The monoisotopic (exact) mass is 298 g/mol. The minimum atomic E-state index is -0.233. The first-order valence-corrected chi connectivity index (χ1v) is 6.90. The van der Waals surface area contributed by atoms with Crippen LogP contribution in [0, 0.1) is 5.92 Å². The molecule has 5 heteroatoms. The van der Waals surface area contributed by atoms with Crippen molar-refractivity contribution in [1.82, 2.24) is 5.32 Å². The highest BCUT2D eigenvalue weighted by Gasteiger charge is 2.16. The van der Waals surface area contributed by atoms with Crippen molar-refractivity contribution in [2.45, 2.75) is 25.3 Å². The van der Waals surface area contributed by atoms with Crippen LogP contribution in [0.2, 0.25) is 0 Å². The second-order valence-electron chi connectivity index (χ2n) is 5.11. The van der Waals surface area contributed by atoms with E-state index < -0.39 is 0 Å². The molecule has 1 aliphatic rings. The van der Waals surface area contributed by atoms with Crippen molar-refractivity contribution in [2.24, 2.45) is 11.7 Å². The molecule has 0 aliphatic carbocycles. The van der Waals surface area contributed by atoms with E-state index in [1.165, 1.54) is 0 Å². The maximum Gasteiger partial charge on any atom is 0.221 e. The van der Waals surface area contributed by atoms with Crippen molar-refractivity contribution < 1.29 is 9.53 Å². The second kappa shape index (κ2) is 8.95. The molecule has 2 rings (SSSR count). The fourth-order valence-corrected chi connectivity index (χ4v) is 2.32. The Bertz CT molecular complexity index is 394. The lowest BCUT2D eigenvalue weighted by molar-refractivity contribution is -0.121. The average molecular weight is 299 g/mol. The number of nitrogens with one attached hydrogen (secondary N) is 1. The van der Waals surface area contributed by atoms with E-state index in [4.69, 9.17) is 10.5 Å². The van der Waals surface area contributed by atoms with E-state index in [0.717, 1.165) is 31.6 Å². The number of hydrogen-bond donors (Lipinski definition) is 2. The quantitative estimate of drug-likeness (QED) is 0.874. The smallest absolute Gasteiger partial charge is 0.221 e. The number of ether oxygens (including phenoxy) is 1. The standard InChI is InChI=1S/C15H22N2O2.ClH/c16-14(13-6-2-1-3-7-13)9-15(18)17-10-12-5-4-8-19-11-12;/h1-3,6-7,12,14H,4-5,8-11,16H2,(H,17,18);1H. The van der Waals surface area contributed by atoms with Gasteiger partial charge in [0, 0.05) is 25.6 Å². The molecule has 0 spiro atoms. The van der Waals surface area contributed by atoms with Crippen LogP contribution in [0.3, 0.4) is 0 Å². The van der Waals surface area contributed by atoms with Crippen LogP contribution in [-0.2, 0) is 9.53 Å². The van der Waals surface area contributed by atoms with Crippen LogP contribution in [0.5, 0.6) is 0 Å². The number of halogens is 1. The molecule has 0 bridgehead atoms. The van der Waals surface area contributed by atoms with Crippen LogP contribution in [0.1, 0.15) is 30.9 Å². The Morgan fingerprint density at radius 3 is 2.80 bits per heavy atom. The van der Waals surface area contributed by atoms with Crippen LogP contribution < -0.4 is 11.1 Å². The van der Waals surface area contributed by atoms with Gasteiger partial charge in [0.05, 0.1) is 6.61 Å². The van der Waals surface area contributed by atoms with Gasteiger partial charge < -0.3 is 15.8 Å². The van der Waals surface area contributed by atoms with Crippen LogP contribution in [0.4, 0.5) is 0 Å². The average Bonchev–Trinajstić information content (AvgIpc) is 2.47. The van der Waals surface area contributed by atoms with Crippen molar-refractivity contribution in [3.05, 3.63) is 35.9 Å². The number of carbonyl (C=O) groups is 1. The lowest BCUT2D eigenvalue weighted by atomic mass is 10.0. The van der Waals surface area contributed by atoms with Crippen molar-refractivity contribution in [3.8, 4) is 0 Å². The van der Waals surface area contributed by atoms with Crippen molar-refractivity contribution in [2.75, 3.05) is 19.8 Å². The summed E-state index contributed by atoms with van der Waals surface area (Å²) in [6.45, 7) is 2.30. The zero-order chi connectivity index (χ0) is 13.5. The summed E-state index contributed by atoms with van der Waals surface area (Å²) in [4.78, 5) is 11.8. The Hall–Kier alpha value is -1.10. The third kappa shape index (κ3) is 5.49. The van der Waals surface area contributed by atoms with Crippen molar-refractivity contribution in [1.29, 1.82) is 0 Å². The minimum Gasteiger partial charge on any atom is -0.381 e. The van der Waals surface area contributed by atoms with Gasteiger partial charge in [0.2, 0.25) is 5.91 Å². The number of benzene rings is 1. The van der Waals surface area contributed by atoms with Gasteiger partial charge in [0.25, 0.3) is 0 Å². The predicted molar refractivity (Wildman–Crippen MR) is 81.8 cm³/mol. The van der Waals surface area contributed by atoms with Crippen LogP contribution in [-0.4, -0.2) is 25.7 Å². The predicted octanol–water partition coefficient (Wildman–Crippen LogP) is 2.04. The topological polar surface area (TPSA) is 64.4 Å². The van der Waals surface area contributed by atoms with E-state index in [1.54, 1.807) is 0 Å². The van der Waals surface area contributed by atoms with Crippen molar-refractivity contribution in [3.63, 3.8) is 0 Å². The van der Waals surface area contributed by atoms with E-state index in [0.29, 0.717) is 18.9 Å². The van der Waals surface area contributed by atoms with Crippen molar-refractivity contribution >= 4 is 18.3 Å². The molecule has 2 atom stereocenters. The normalized spacial score (nSPS) is 19.8. The third-order valence-electron chi connectivity index (χ3n) is 3.48. The van der Waals surface area contributed by atoms with Gasteiger partial charge in [-0.3, -0.25) is 4.79 Å². The number of hydrogen-bond acceptors (Lipinski definition) is 3. The fourth-order valence-electron chi connectivity index (χ4n) is 2.32. The Kier molecular flexibility index (Phi) is 7.59. The first-order valence-electron chi connectivity index (χ1n) is 6.90. The van der Waals surface area contributed by atoms with E-state index in [2.05, 4.69) is 5.32 Å². The molecular weight excluding hydrogens is 276 g/mol. The van der Waals surface area contributed by atoms with Crippen LogP contribution in [0.15, 0.2) is 30.3 Å². The first kappa shape index (κ1) is 17.0. The Labute approximate surface area is 126 Å². The maximum atomic E-state index is 11.8. The highest BCUT2D eigenvalue weighted by Crippen LogP contribution is 2.14. The summed E-state index contributed by atoms with van der Waals surface area (Å²) in [5.41, 5.74) is 7.02. The summed E-state index contributed by atoms with van der Waals surface area (Å²) in [5, 5.41) is 2.95. The molecule has 1 amide bonds. The molecule has 20 heavy (non-hydrogen) atoms. The highest BCUT2D eigenvalue weighted by molar-refractivity contribution is 5.85. The molecule has 4 nitrogen and oxygen atoms in total. The maximum absolute atomic E-state index is 11.8. The lowest BCUT2D eigenvalue weighted by Crippen LogP contribution is -2.34. The highest BCUT2D eigenvalue weighted by atomic mass is 35.5. The number of rotatable bonds is 5. The fraction of sp³-hybridized carbons (Fsp3) is 0.533. The molecule has 1 aliphatic heterocycles. The molecule has 1 aromatic rings. The molecule has 0 aromatic heterocycles. The molecule has 1 fully saturated rings. The Morgan fingerprint density at radius 2 is 2.15 bits per heavy atom. The number of amides is 1. The van der Waals surface area contributed by atoms with Gasteiger partial charge >= 0.3 is 0 Å². The summed E-state index contributed by atoms with van der Waals surface area (Å²) in [6.07, 6.45) is 2.55. The summed E-state index contributed by atoms with van der Waals surface area (Å²) >= 11 is 0. The van der Waals surface area contributed by atoms with E-state index in [9.17, 15) is 4.79 Å². The third-order valence-corrected chi connectivity index (χ3v) is 3.48. The molecule has 0 radical (unpaired) electrons. The molecule has 0 saturated carbocycles. The van der Waals surface area contributed by atoms with Gasteiger partial charge in [-0.1, -0.05) is 30.3 Å². The van der Waals surface area contributed by atoms with Gasteiger partial charge in [0.1, 0.15) is 0 Å². The molecule has 3 N–H and O–H groups in total. The van der Waals surface area contributed by atoms with E-state index >= 15 is 0 Å². The largest absolute Gasteiger partial charge is 0.381 e. The van der Waals surface area contributed by atoms with Gasteiger partial charge in [-0.2, -0.15) is 0 Å². The molecular formula is C15H23ClN2O2. The summed E-state index contributed by atoms with van der Waals surface area (Å²) in [7, 11) is 0. The summed E-state index contributed by atoms with van der Waals surface area (Å²) in [6, 6.07) is 9.49. The van der Waals surface area contributed by atoms with Crippen LogP contribution >= 0.6 is 12.4 Å². The second-order valence-corrected chi connectivity index (χ2v) is 5.11. The Morgan fingerprint density at radius 1 is 1.40 bits per heavy atom. The van der Waals surface area contributed by atoms with E-state index in [1.807, 2.05) is 30.3 Å². The van der Waals surface area contributed by atoms with Crippen LogP contribution in [0.25, 0.3) is 0 Å². The molecule has 112 valence electrons. The molecule has 1 aromatic carbocycles. The van der Waals surface area contributed by atoms with Gasteiger partial charge in [-0.25, -0.2) is 0 Å². The Balaban J connectivity index is 0.00000200. The molecule has 2 unspecified atom stereocenters. The molecule has 1 saturated heterocycles. The minimum absolute atomic E-state index is 0. The van der Waals surface area contributed by atoms with E-state index in [-0.39, 0.29) is 24.4 Å². The SMILES string of the molecule is Cl.NC(CC(=O)NCC1CCCOC1)c1ccccc1. The van der Waals surface area contributed by atoms with Gasteiger partial charge in [-0.05, 0) is 24.3 Å². The lowest BCUT2D eigenvalue weighted by Gasteiger charge is -2.22. The number of nitrogens with two attached hydrogens (primary N) is 1. The zero-order valence-corrected chi connectivity index (χ0v) is 12.4. The first-order chi connectivity index (χ1) is 9.25. The number of carbonyl (C=O) groups excluding carboxylic acids is 1. The zero-order valence-electron chi connectivity index (χ0n) is 11.6. The summed E-state index contributed by atoms with van der Waals surface area (Å²) < 4.78 is 5.39. The van der Waals surface area contributed by atoms with Gasteiger partial charge in [0.15, 0.2) is 0 Å².